The maximum absolute atomic E-state index is 13.9. The molecule has 3 saturated carbocycles. The number of carbonyl (C=O) groups is 1. The second-order valence-electron chi connectivity index (χ2n) is 24.9. The largest absolute Gasteiger partial charge is 0.497 e. The van der Waals surface area contributed by atoms with Crippen LogP contribution in [0.3, 0.4) is 0 Å². The Kier molecular flexibility index (Phi) is 22.4. The summed E-state index contributed by atoms with van der Waals surface area (Å²) in [4.78, 5) is 12.1. The number of ether oxygens (including phenoxy) is 4. The number of halogens is 7. The zero-order chi connectivity index (χ0) is 65.6. The molecule has 13 nitrogen and oxygen atoms in total. The van der Waals surface area contributed by atoms with Gasteiger partial charge in [-0.15, -0.1) is 0 Å². The van der Waals surface area contributed by atoms with Gasteiger partial charge in [-0.25, -0.2) is 51.6 Å². The Labute approximate surface area is 537 Å². The van der Waals surface area contributed by atoms with Crippen molar-refractivity contribution >= 4 is 63.8 Å². The van der Waals surface area contributed by atoms with E-state index in [-0.39, 0.29) is 67.2 Å². The van der Waals surface area contributed by atoms with Crippen LogP contribution in [0.15, 0.2) is 147 Å². The molecule has 24 heteroatoms. The number of rotatable bonds is 12. The number of benzene rings is 6. The maximum Gasteiger partial charge on any atom is 0.497 e. The number of hydrogen-bond donors (Lipinski definition) is 0. The number of ketones is 1. The zero-order valence-corrected chi connectivity index (χ0v) is 55.1. The van der Waals surface area contributed by atoms with E-state index in [1.807, 2.05) is 27.7 Å². The van der Waals surface area contributed by atoms with E-state index in [1.54, 1.807) is 36.4 Å². The van der Waals surface area contributed by atoms with Crippen LogP contribution in [0.4, 0.5) is 26.3 Å². The van der Waals surface area contributed by atoms with Gasteiger partial charge in [0.1, 0.15) is 40.7 Å². The molecule has 0 amide bonds. The smallest absolute Gasteiger partial charge is 0.399 e. The first-order valence-electron chi connectivity index (χ1n) is 30.4. The lowest BCUT2D eigenvalue weighted by Crippen LogP contribution is -2.41. The van der Waals surface area contributed by atoms with E-state index in [2.05, 4.69) is 15.9 Å². The molecule has 0 radical (unpaired) electrons. The highest BCUT2D eigenvalue weighted by molar-refractivity contribution is 9.10. The van der Waals surface area contributed by atoms with Crippen LogP contribution in [0.1, 0.15) is 105 Å². The molecule has 3 saturated heterocycles. The predicted octanol–water partition coefficient (Wildman–Crippen LogP) is 13.9. The summed E-state index contributed by atoms with van der Waals surface area (Å²) in [5, 5.41) is 0. The Morgan fingerprint density at radius 1 is 0.440 bits per heavy atom. The first-order valence-corrected chi connectivity index (χ1v) is 36.1. The fraction of sp³-hybridized carbons (Fsp3) is 0.448. The van der Waals surface area contributed by atoms with Crippen molar-refractivity contribution in [2.24, 2.45) is 17.8 Å². The zero-order valence-electron chi connectivity index (χ0n) is 51.0. The van der Waals surface area contributed by atoms with Gasteiger partial charge >= 0.3 is 7.12 Å². The average molecular weight is 1390 g/mol. The van der Waals surface area contributed by atoms with Crippen molar-refractivity contribution in [3.8, 4) is 22.3 Å². The molecule has 0 unspecified atom stereocenters. The van der Waals surface area contributed by atoms with E-state index in [9.17, 15) is 56.4 Å². The van der Waals surface area contributed by atoms with E-state index in [1.165, 1.54) is 66.7 Å². The van der Waals surface area contributed by atoms with Crippen LogP contribution in [0.2, 0.25) is 0 Å². The van der Waals surface area contributed by atoms with Crippen molar-refractivity contribution in [1.29, 1.82) is 0 Å². The molecule has 12 rings (SSSR count). The number of carbonyl (C=O) groups excluding carboxylic acids is 1. The molecule has 3 heterocycles. The van der Waals surface area contributed by atoms with Crippen molar-refractivity contribution in [3.63, 3.8) is 0 Å². The molecule has 3 aliphatic heterocycles. The standard InChI is InChI=1S/C21H22F2O4S.C19H18F2O3S.C15H19BrO4S.C12H15BF2O2/c22-17-3-6-19(20(23)13-17)16-1-4-18(5-2-16)28(24,25)14-15-7-9-21(10-8-15)26-11-12-27-21;20-15-5-10-18(19(21)11-15)14-3-8-17(9-4-14)25(23,24)12-13-1-6-16(22)7-2-13;16-13-1-3-14(4-2-13)21(17,18)11-12-5-7-15(8-6-12)19-9-10-20-15;1-11(2)12(3,4)17-13(16-11)9-6-5-8(14)7-10(9)15/h1-6,13,15H,7-12,14H2;3-5,8-11,13H,1-2,6-7,12H2;1-4,12H,5-11H2;5-7H,1-4H3. The molecular weight excluding hydrogens is 1310 g/mol. The number of sulfone groups is 3. The molecular formula is C67H74BBrF6O13S3. The minimum Gasteiger partial charge on any atom is -0.399 e. The summed E-state index contributed by atoms with van der Waals surface area (Å²) in [7, 11) is -10.9. The summed E-state index contributed by atoms with van der Waals surface area (Å²) >= 11 is 3.32. The molecule has 91 heavy (non-hydrogen) atoms. The van der Waals surface area contributed by atoms with Crippen LogP contribution in [-0.2, 0) is 62.6 Å². The molecule has 0 atom stereocenters. The lowest BCUT2D eigenvalue weighted by Gasteiger charge is -2.35. The third kappa shape index (κ3) is 18.0. The number of hydrogen-bond acceptors (Lipinski definition) is 13. The highest BCUT2D eigenvalue weighted by atomic mass is 79.9. The molecule has 6 aliphatic rings. The van der Waals surface area contributed by atoms with Crippen molar-refractivity contribution < 1.29 is 84.6 Å². The Morgan fingerprint density at radius 3 is 1.10 bits per heavy atom. The van der Waals surface area contributed by atoms with Crippen LogP contribution in [-0.4, -0.2) is 105 Å². The summed E-state index contributed by atoms with van der Waals surface area (Å²) in [5.74, 6) is -4.10. The molecule has 490 valence electrons. The van der Waals surface area contributed by atoms with Gasteiger partial charge in [0.05, 0.1) is 69.6 Å². The maximum atomic E-state index is 13.9. The highest BCUT2D eigenvalue weighted by Gasteiger charge is 2.52. The minimum atomic E-state index is -3.46. The van der Waals surface area contributed by atoms with Gasteiger partial charge in [0.15, 0.2) is 41.1 Å². The van der Waals surface area contributed by atoms with Gasteiger partial charge in [0.2, 0.25) is 0 Å². The SMILES string of the molecule is CC1(C)OB(c2ccc(F)cc2F)OC1(C)C.O=C1CCC(CS(=O)(=O)c2ccc(-c3ccc(F)cc3F)cc2)CC1.O=S(=O)(CC1CCC2(CC1)OCCO2)c1ccc(-c2ccc(F)cc2F)cc1.O=S(=O)(CC1CCC2(CC1)OCCO2)c1ccc(Br)cc1. The topological polar surface area (TPSA) is 175 Å². The van der Waals surface area contributed by atoms with Crippen molar-refractivity contribution in [1.82, 2.24) is 0 Å². The summed E-state index contributed by atoms with van der Waals surface area (Å²) in [6, 6.07) is 28.9. The molecule has 3 aliphatic carbocycles. The summed E-state index contributed by atoms with van der Waals surface area (Å²) in [6.07, 6.45) is 8.33. The van der Waals surface area contributed by atoms with Gasteiger partial charge in [-0.1, -0.05) is 46.3 Å². The molecule has 0 bridgehead atoms. The van der Waals surface area contributed by atoms with Gasteiger partial charge in [0.25, 0.3) is 0 Å². The van der Waals surface area contributed by atoms with Crippen molar-refractivity contribution in [3.05, 3.63) is 167 Å². The van der Waals surface area contributed by atoms with Crippen molar-refractivity contribution in [2.75, 3.05) is 43.7 Å². The highest BCUT2D eigenvalue weighted by Crippen LogP contribution is 2.42. The quantitative estimate of drug-likeness (QED) is 0.0837. The van der Waals surface area contributed by atoms with Crippen LogP contribution >= 0.6 is 15.9 Å². The molecule has 6 aromatic carbocycles. The summed E-state index contributed by atoms with van der Waals surface area (Å²) < 4.78 is 191. The van der Waals surface area contributed by atoms with Gasteiger partial charge in [-0.05, 0) is 174 Å². The van der Waals surface area contributed by atoms with Crippen LogP contribution in [0.25, 0.3) is 22.3 Å². The third-order valence-corrected chi connectivity index (χ3v) is 24.2. The van der Waals surface area contributed by atoms with Gasteiger partial charge in [0, 0.05) is 77.8 Å². The Morgan fingerprint density at radius 2 is 0.758 bits per heavy atom. The van der Waals surface area contributed by atoms with Crippen LogP contribution < -0.4 is 5.46 Å². The van der Waals surface area contributed by atoms with Crippen LogP contribution in [0, 0.1) is 52.7 Å². The van der Waals surface area contributed by atoms with Gasteiger partial charge in [-0.3, -0.25) is 4.79 Å². The average Bonchev–Trinajstić information content (AvgIpc) is 1.67. The number of Topliss-reactive ketones (excluding diaryl/α,β-unsaturated/α-hetero) is 1. The van der Waals surface area contributed by atoms with E-state index in [0.29, 0.717) is 68.1 Å². The Balaban J connectivity index is 0.000000146. The normalized spacial score (nSPS) is 20.5. The molecule has 0 N–H and O–H groups in total. The Hall–Kier alpha value is -5.28. The predicted molar refractivity (Wildman–Crippen MR) is 336 cm³/mol. The monoisotopic (exact) mass is 1390 g/mol. The first-order chi connectivity index (χ1) is 42.9. The second-order valence-corrected chi connectivity index (χ2v) is 32.0. The minimum absolute atomic E-state index is 0.00285. The lowest BCUT2D eigenvalue weighted by atomic mass is 9.79. The first kappa shape index (κ1) is 70.1. The van der Waals surface area contributed by atoms with Crippen LogP contribution in [0.5, 0.6) is 0 Å². The molecule has 0 aromatic heterocycles. The van der Waals surface area contributed by atoms with E-state index >= 15 is 0 Å². The fourth-order valence-corrected chi connectivity index (χ4v) is 17.3. The Bertz CT molecular complexity index is 3820. The van der Waals surface area contributed by atoms with E-state index in [0.717, 1.165) is 80.1 Å². The van der Waals surface area contributed by atoms with E-state index in [4.69, 9.17) is 28.3 Å². The van der Waals surface area contributed by atoms with E-state index < -0.39 is 94.3 Å². The molecule has 2 spiro atoms. The summed E-state index contributed by atoms with van der Waals surface area (Å²) in [5.41, 5.74) is 0.615. The van der Waals surface area contributed by atoms with Gasteiger partial charge in [-0.2, -0.15) is 0 Å². The third-order valence-electron chi connectivity index (χ3n) is 17.9. The summed E-state index contributed by atoms with van der Waals surface area (Å²) in [6.45, 7) is 10.0. The second kappa shape index (κ2) is 29.2. The molecule has 6 fully saturated rings. The lowest BCUT2D eigenvalue weighted by molar-refractivity contribution is -0.181. The molecule has 6 aromatic rings. The van der Waals surface area contributed by atoms with Gasteiger partial charge < -0.3 is 28.3 Å². The van der Waals surface area contributed by atoms with Crippen molar-refractivity contribution in [2.45, 2.75) is 142 Å². The fourth-order valence-electron chi connectivity index (χ4n) is 12.0.